The monoisotopic (exact) mass is 164 g/mol. The number of nitriles is 1. The van der Waals surface area contributed by atoms with Crippen LogP contribution in [0.15, 0.2) is 12.3 Å². The number of rotatable bonds is 1. The minimum atomic E-state index is -0.724. The fourth-order valence-corrected chi connectivity index (χ4v) is 0.701. The van der Waals surface area contributed by atoms with Gasteiger partial charge in [-0.1, -0.05) is 0 Å². The van der Waals surface area contributed by atoms with Gasteiger partial charge in [-0.2, -0.15) is 5.26 Å². The molecule has 0 radical (unpaired) electrons. The Morgan fingerprint density at radius 2 is 2.42 bits per heavy atom. The van der Waals surface area contributed by atoms with Crippen LogP contribution in [0.2, 0.25) is 0 Å². The van der Waals surface area contributed by atoms with Gasteiger partial charge in [-0.25, -0.2) is 0 Å². The van der Waals surface area contributed by atoms with E-state index in [4.69, 9.17) is 11.0 Å². The highest BCUT2D eigenvalue weighted by Crippen LogP contribution is 2.15. The molecule has 1 aromatic heterocycles. The molecule has 1 heterocycles. The fourth-order valence-electron chi connectivity index (χ4n) is 0.701. The molecular weight excluding hydrogens is 160 g/mol. The molecule has 0 spiro atoms. The second kappa shape index (κ2) is 2.84. The zero-order valence-electron chi connectivity index (χ0n) is 5.89. The average molecular weight is 164 g/mol. The number of hydrogen-bond acceptors (Lipinski definition) is 5. The number of aromatic nitrogens is 1. The number of pyridine rings is 1. The van der Waals surface area contributed by atoms with Crippen LogP contribution < -0.4 is 5.73 Å². The minimum Gasteiger partial charge on any atom is -0.396 e. The van der Waals surface area contributed by atoms with Gasteiger partial charge in [-0.3, -0.25) is 0 Å². The third-order valence-corrected chi connectivity index (χ3v) is 1.18. The zero-order chi connectivity index (χ0) is 9.14. The van der Waals surface area contributed by atoms with Crippen molar-refractivity contribution in [3.63, 3.8) is 0 Å². The predicted molar refractivity (Wildman–Crippen MR) is 40.0 cm³/mol. The summed E-state index contributed by atoms with van der Waals surface area (Å²) in [7, 11) is 0. The van der Waals surface area contributed by atoms with Crippen molar-refractivity contribution in [2.75, 3.05) is 5.73 Å². The van der Waals surface area contributed by atoms with Crippen LogP contribution in [0.5, 0.6) is 0 Å². The summed E-state index contributed by atoms with van der Waals surface area (Å²) >= 11 is 0. The average Bonchev–Trinajstić information content (AvgIpc) is 2.03. The molecule has 0 saturated heterocycles. The van der Waals surface area contributed by atoms with Gasteiger partial charge in [-0.05, 0) is 16.0 Å². The normalized spacial score (nSPS) is 8.92. The zero-order valence-corrected chi connectivity index (χ0v) is 5.89. The molecule has 0 unspecified atom stereocenters. The largest absolute Gasteiger partial charge is 0.396 e. The van der Waals surface area contributed by atoms with Crippen molar-refractivity contribution in [1.82, 2.24) is 4.98 Å². The molecule has 1 rings (SSSR count). The smallest absolute Gasteiger partial charge is 0.381 e. The van der Waals surface area contributed by atoms with E-state index in [1.165, 1.54) is 6.07 Å². The van der Waals surface area contributed by atoms with Crippen LogP contribution in [0, 0.1) is 21.4 Å². The van der Waals surface area contributed by atoms with E-state index >= 15 is 0 Å². The number of nitrogens with zero attached hydrogens (tertiary/aromatic N) is 3. The predicted octanol–water partition coefficient (Wildman–Crippen LogP) is 0.444. The maximum absolute atomic E-state index is 10.2. The Kier molecular flexibility index (Phi) is 1.88. The quantitative estimate of drug-likeness (QED) is 0.478. The highest BCUT2D eigenvalue weighted by molar-refractivity contribution is 5.51. The van der Waals surface area contributed by atoms with E-state index < -0.39 is 10.7 Å². The van der Waals surface area contributed by atoms with E-state index in [0.717, 1.165) is 6.20 Å². The summed E-state index contributed by atoms with van der Waals surface area (Å²) in [6.07, 6.45) is 1.14. The lowest BCUT2D eigenvalue weighted by molar-refractivity contribution is -0.389. The Balaban J connectivity index is 3.32. The first kappa shape index (κ1) is 7.94. The van der Waals surface area contributed by atoms with Gasteiger partial charge in [-0.15, -0.1) is 0 Å². The van der Waals surface area contributed by atoms with Crippen LogP contribution in [0.25, 0.3) is 0 Å². The van der Waals surface area contributed by atoms with Crippen molar-refractivity contribution in [3.8, 4) is 6.07 Å². The number of nitrogen functional groups attached to an aromatic ring is 1. The van der Waals surface area contributed by atoms with E-state index in [9.17, 15) is 10.1 Å². The van der Waals surface area contributed by atoms with E-state index in [0.29, 0.717) is 0 Å². The van der Waals surface area contributed by atoms with E-state index in [1.54, 1.807) is 6.07 Å². The summed E-state index contributed by atoms with van der Waals surface area (Å²) < 4.78 is 0. The van der Waals surface area contributed by atoms with Crippen molar-refractivity contribution < 1.29 is 4.92 Å². The molecule has 0 saturated carbocycles. The number of nitrogens with two attached hydrogens (primary N) is 1. The summed E-state index contributed by atoms with van der Waals surface area (Å²) in [5, 5.41) is 18.7. The SMILES string of the molecule is N#Cc1cc(N)cnc1[N+](=O)[O-]. The molecule has 1 aromatic rings. The maximum atomic E-state index is 10.2. The summed E-state index contributed by atoms with van der Waals surface area (Å²) in [6, 6.07) is 2.85. The van der Waals surface area contributed by atoms with Gasteiger partial charge in [0.15, 0.2) is 11.8 Å². The van der Waals surface area contributed by atoms with Crippen LogP contribution in [0.3, 0.4) is 0 Å². The molecule has 2 N–H and O–H groups in total. The molecule has 6 heteroatoms. The maximum Gasteiger partial charge on any atom is 0.381 e. The standard InChI is InChI=1S/C6H4N4O2/c7-2-4-1-5(8)3-9-6(4)10(11)12/h1,3H,8H2. The first-order chi connectivity index (χ1) is 5.65. The molecule has 60 valence electrons. The Labute approximate surface area is 67.4 Å². The van der Waals surface area contributed by atoms with Crippen molar-refractivity contribution in [2.24, 2.45) is 0 Å². The highest BCUT2D eigenvalue weighted by atomic mass is 16.6. The second-order valence-electron chi connectivity index (χ2n) is 2.01. The molecule has 0 amide bonds. The molecule has 0 bridgehead atoms. The Hall–Kier alpha value is -2.16. The Morgan fingerprint density at radius 1 is 1.75 bits per heavy atom. The van der Waals surface area contributed by atoms with Crippen molar-refractivity contribution in [3.05, 3.63) is 27.9 Å². The van der Waals surface area contributed by atoms with E-state index in [-0.39, 0.29) is 11.3 Å². The lowest BCUT2D eigenvalue weighted by atomic mass is 10.2. The van der Waals surface area contributed by atoms with Crippen LogP contribution >= 0.6 is 0 Å². The summed E-state index contributed by atoms with van der Waals surface area (Å²) in [5.41, 5.74) is 5.38. The molecule has 0 aromatic carbocycles. The molecule has 0 aliphatic heterocycles. The number of hydrogen-bond donors (Lipinski definition) is 1. The Bertz CT molecular complexity index is 368. The fraction of sp³-hybridized carbons (Fsp3) is 0. The molecule has 0 aliphatic carbocycles. The van der Waals surface area contributed by atoms with Crippen LogP contribution in [-0.4, -0.2) is 9.91 Å². The summed E-state index contributed by atoms with van der Waals surface area (Å²) in [5.74, 6) is -0.466. The van der Waals surface area contributed by atoms with Gasteiger partial charge in [0, 0.05) is 0 Å². The van der Waals surface area contributed by atoms with Crippen molar-refractivity contribution in [1.29, 1.82) is 5.26 Å². The molecule has 0 aliphatic rings. The van der Waals surface area contributed by atoms with E-state index in [1.807, 2.05) is 0 Å². The van der Waals surface area contributed by atoms with Gasteiger partial charge in [0.1, 0.15) is 6.07 Å². The summed E-state index contributed by atoms with van der Waals surface area (Å²) in [6.45, 7) is 0. The van der Waals surface area contributed by atoms with E-state index in [2.05, 4.69) is 4.98 Å². The molecule has 12 heavy (non-hydrogen) atoms. The van der Waals surface area contributed by atoms with Crippen molar-refractivity contribution >= 4 is 11.5 Å². The minimum absolute atomic E-state index is 0.125. The third-order valence-electron chi connectivity index (χ3n) is 1.18. The Morgan fingerprint density at radius 3 is 2.92 bits per heavy atom. The van der Waals surface area contributed by atoms with Gasteiger partial charge in [0.05, 0.1) is 5.69 Å². The lowest BCUT2D eigenvalue weighted by Crippen LogP contribution is -1.97. The van der Waals surface area contributed by atoms with Gasteiger partial charge < -0.3 is 15.8 Å². The van der Waals surface area contributed by atoms with Crippen LogP contribution in [0.1, 0.15) is 5.56 Å². The van der Waals surface area contributed by atoms with Gasteiger partial charge >= 0.3 is 5.82 Å². The molecule has 6 nitrogen and oxygen atoms in total. The molecular formula is C6H4N4O2. The van der Waals surface area contributed by atoms with Gasteiger partial charge in [0.25, 0.3) is 0 Å². The first-order valence-electron chi connectivity index (χ1n) is 2.95. The highest BCUT2D eigenvalue weighted by Gasteiger charge is 2.14. The van der Waals surface area contributed by atoms with Gasteiger partial charge in [0.2, 0.25) is 0 Å². The molecule has 0 fully saturated rings. The van der Waals surface area contributed by atoms with Crippen LogP contribution in [0.4, 0.5) is 11.5 Å². The third kappa shape index (κ3) is 1.29. The first-order valence-corrected chi connectivity index (χ1v) is 2.95. The van der Waals surface area contributed by atoms with Crippen molar-refractivity contribution in [2.45, 2.75) is 0 Å². The lowest BCUT2D eigenvalue weighted by Gasteiger charge is -1.93. The number of anilines is 1. The second-order valence-corrected chi connectivity index (χ2v) is 2.01. The molecule has 0 atom stereocenters. The summed E-state index contributed by atoms with van der Waals surface area (Å²) in [4.78, 5) is 12.9. The topological polar surface area (TPSA) is 106 Å². The van der Waals surface area contributed by atoms with Crippen LogP contribution in [-0.2, 0) is 0 Å². The number of nitro groups is 1.